The van der Waals surface area contributed by atoms with E-state index in [0.717, 1.165) is 0 Å². The molecule has 0 bridgehead atoms. The van der Waals surface area contributed by atoms with Crippen LogP contribution in [0, 0.1) is 5.82 Å². The molecular weight excluding hydrogens is 425 g/mol. The van der Waals surface area contributed by atoms with Gasteiger partial charge in [-0.15, -0.1) is 0 Å². The highest BCUT2D eigenvalue weighted by Gasteiger charge is 2.33. The lowest BCUT2D eigenvalue weighted by Gasteiger charge is -2.27. The van der Waals surface area contributed by atoms with E-state index in [-0.39, 0.29) is 23.7 Å². The standard InChI is InChI=1S/C26H24FNO5/c1-26(2,14-29)24-22(16-7-4-5-8-17(16)25(31)32)23-19(9-6-10-20(23)30)28(24)15-11-12-18(27)21(13-15)33-3/h4-13,29-30H,14H2,1-3H3,(H,31,32). The molecule has 1 aromatic heterocycles. The maximum Gasteiger partial charge on any atom is 0.336 e. The first kappa shape index (κ1) is 22.4. The number of aromatic nitrogens is 1. The number of phenolic OH excluding ortho intramolecular Hbond substituents is 1. The summed E-state index contributed by atoms with van der Waals surface area (Å²) in [4.78, 5) is 12.1. The molecule has 170 valence electrons. The summed E-state index contributed by atoms with van der Waals surface area (Å²) in [5, 5.41) is 31.5. The van der Waals surface area contributed by atoms with E-state index >= 15 is 0 Å². The van der Waals surface area contributed by atoms with Gasteiger partial charge in [-0.3, -0.25) is 0 Å². The molecular formula is C26H24FNO5. The van der Waals surface area contributed by atoms with Crippen LogP contribution in [0.25, 0.3) is 27.7 Å². The van der Waals surface area contributed by atoms with Crippen LogP contribution in [0.5, 0.6) is 11.5 Å². The Bertz CT molecular complexity index is 1370. The van der Waals surface area contributed by atoms with Gasteiger partial charge in [0, 0.05) is 33.8 Å². The predicted molar refractivity (Wildman–Crippen MR) is 124 cm³/mol. The van der Waals surface area contributed by atoms with Crippen molar-refractivity contribution in [2.45, 2.75) is 19.3 Å². The van der Waals surface area contributed by atoms with Gasteiger partial charge in [0.2, 0.25) is 0 Å². The molecule has 0 saturated heterocycles. The molecule has 4 rings (SSSR count). The fourth-order valence-corrected chi connectivity index (χ4v) is 4.24. The summed E-state index contributed by atoms with van der Waals surface area (Å²) in [6.45, 7) is 3.38. The number of benzene rings is 3. The lowest BCUT2D eigenvalue weighted by molar-refractivity contribution is 0.0697. The third kappa shape index (κ3) is 3.60. The van der Waals surface area contributed by atoms with E-state index in [4.69, 9.17) is 4.74 Å². The second kappa shape index (κ2) is 8.26. The van der Waals surface area contributed by atoms with Crippen LogP contribution >= 0.6 is 0 Å². The van der Waals surface area contributed by atoms with Crippen molar-refractivity contribution in [2.75, 3.05) is 13.7 Å². The molecule has 0 radical (unpaired) electrons. The van der Waals surface area contributed by atoms with Crippen LogP contribution in [0.1, 0.15) is 29.9 Å². The van der Waals surface area contributed by atoms with E-state index in [1.165, 1.54) is 31.4 Å². The minimum atomic E-state index is -1.11. The van der Waals surface area contributed by atoms with Crippen molar-refractivity contribution in [1.29, 1.82) is 0 Å². The van der Waals surface area contributed by atoms with Gasteiger partial charge in [0.15, 0.2) is 11.6 Å². The number of ether oxygens (including phenoxy) is 1. The zero-order valence-electron chi connectivity index (χ0n) is 18.5. The third-order valence-electron chi connectivity index (χ3n) is 5.83. The molecule has 0 saturated carbocycles. The van der Waals surface area contributed by atoms with Crippen molar-refractivity contribution in [3.05, 3.63) is 77.7 Å². The van der Waals surface area contributed by atoms with Crippen LogP contribution in [-0.4, -0.2) is 39.6 Å². The van der Waals surface area contributed by atoms with Crippen molar-refractivity contribution in [3.8, 4) is 28.3 Å². The summed E-state index contributed by atoms with van der Waals surface area (Å²) >= 11 is 0. The van der Waals surface area contributed by atoms with E-state index in [1.807, 2.05) is 13.8 Å². The molecule has 0 unspecified atom stereocenters. The molecule has 6 nitrogen and oxygen atoms in total. The number of halogens is 1. The number of aromatic carboxylic acids is 1. The van der Waals surface area contributed by atoms with Crippen LogP contribution in [0.4, 0.5) is 4.39 Å². The van der Waals surface area contributed by atoms with Crippen molar-refractivity contribution in [1.82, 2.24) is 4.57 Å². The number of nitrogens with zero attached hydrogens (tertiary/aromatic N) is 1. The third-order valence-corrected chi connectivity index (χ3v) is 5.83. The second-order valence-electron chi connectivity index (χ2n) is 8.44. The molecule has 1 heterocycles. The number of phenols is 1. The highest BCUT2D eigenvalue weighted by molar-refractivity contribution is 6.08. The first-order valence-corrected chi connectivity index (χ1v) is 10.4. The van der Waals surface area contributed by atoms with Crippen LogP contribution in [0.15, 0.2) is 60.7 Å². The van der Waals surface area contributed by atoms with Gasteiger partial charge in [0.1, 0.15) is 5.75 Å². The first-order chi connectivity index (χ1) is 15.7. The lowest BCUT2D eigenvalue weighted by atomic mass is 9.83. The Morgan fingerprint density at radius 1 is 1.09 bits per heavy atom. The van der Waals surface area contributed by atoms with Gasteiger partial charge in [-0.05, 0) is 35.9 Å². The van der Waals surface area contributed by atoms with Crippen molar-refractivity contribution < 1.29 is 29.2 Å². The molecule has 0 aliphatic carbocycles. The fourth-order valence-electron chi connectivity index (χ4n) is 4.24. The van der Waals surface area contributed by atoms with E-state index < -0.39 is 17.2 Å². The summed E-state index contributed by atoms with van der Waals surface area (Å²) < 4.78 is 21.2. The number of hydrogen-bond acceptors (Lipinski definition) is 4. The Morgan fingerprint density at radius 2 is 1.82 bits per heavy atom. The number of hydrogen-bond donors (Lipinski definition) is 3. The Kier molecular flexibility index (Phi) is 5.59. The van der Waals surface area contributed by atoms with E-state index in [2.05, 4.69) is 0 Å². The number of aliphatic hydroxyl groups excluding tert-OH is 1. The van der Waals surface area contributed by atoms with Gasteiger partial charge >= 0.3 is 5.97 Å². The van der Waals surface area contributed by atoms with Gasteiger partial charge in [0.05, 0.1) is 24.8 Å². The molecule has 0 aliphatic rings. The van der Waals surface area contributed by atoms with Gasteiger partial charge < -0.3 is 24.6 Å². The van der Waals surface area contributed by atoms with Gasteiger partial charge in [0.25, 0.3) is 0 Å². The van der Waals surface area contributed by atoms with Crippen LogP contribution < -0.4 is 4.74 Å². The molecule has 3 N–H and O–H groups in total. The highest BCUT2D eigenvalue weighted by atomic mass is 19.1. The molecule has 33 heavy (non-hydrogen) atoms. The maximum atomic E-state index is 14.2. The number of aliphatic hydroxyl groups is 1. The molecule has 3 aromatic carbocycles. The van der Waals surface area contributed by atoms with E-state index in [9.17, 15) is 24.5 Å². The summed E-state index contributed by atoms with van der Waals surface area (Å²) in [6, 6.07) is 15.9. The fraction of sp³-hybridized carbons (Fsp3) is 0.192. The van der Waals surface area contributed by atoms with E-state index in [1.54, 1.807) is 41.0 Å². The van der Waals surface area contributed by atoms with Gasteiger partial charge in [-0.25, -0.2) is 9.18 Å². The lowest BCUT2D eigenvalue weighted by Crippen LogP contribution is -2.26. The topological polar surface area (TPSA) is 91.9 Å². The molecule has 0 aliphatic heterocycles. The number of methoxy groups -OCH3 is 1. The zero-order chi connectivity index (χ0) is 23.9. The highest BCUT2D eigenvalue weighted by Crippen LogP contribution is 2.47. The molecule has 4 aromatic rings. The van der Waals surface area contributed by atoms with Crippen LogP contribution in [0.2, 0.25) is 0 Å². The molecule has 0 spiro atoms. The minimum absolute atomic E-state index is 0.0366. The average molecular weight is 449 g/mol. The minimum Gasteiger partial charge on any atom is -0.507 e. The zero-order valence-corrected chi connectivity index (χ0v) is 18.5. The molecule has 0 fully saturated rings. The number of carbonyl (C=O) groups is 1. The van der Waals surface area contributed by atoms with Crippen LogP contribution in [-0.2, 0) is 5.41 Å². The van der Waals surface area contributed by atoms with Gasteiger partial charge in [-0.1, -0.05) is 38.1 Å². The van der Waals surface area contributed by atoms with Gasteiger partial charge in [-0.2, -0.15) is 0 Å². The number of rotatable bonds is 6. The molecule has 0 atom stereocenters. The number of carboxylic acids is 1. The van der Waals surface area contributed by atoms with Crippen molar-refractivity contribution in [2.24, 2.45) is 0 Å². The summed E-state index contributed by atoms with van der Waals surface area (Å²) in [7, 11) is 1.37. The quantitative estimate of drug-likeness (QED) is 0.380. The van der Waals surface area contributed by atoms with Crippen molar-refractivity contribution in [3.63, 3.8) is 0 Å². The largest absolute Gasteiger partial charge is 0.507 e. The summed E-state index contributed by atoms with van der Waals surface area (Å²) in [6.07, 6.45) is 0. The second-order valence-corrected chi connectivity index (χ2v) is 8.44. The number of fused-ring (bicyclic) bond motifs is 1. The average Bonchev–Trinajstić information content (AvgIpc) is 3.16. The normalized spacial score (nSPS) is 11.7. The molecule has 7 heteroatoms. The Hall–Kier alpha value is -3.84. The Labute approximate surface area is 190 Å². The van der Waals surface area contributed by atoms with Crippen molar-refractivity contribution >= 4 is 16.9 Å². The number of carboxylic acid groups (broad SMARTS) is 1. The predicted octanol–water partition coefficient (Wildman–Crippen LogP) is 5.12. The first-order valence-electron chi connectivity index (χ1n) is 10.4. The SMILES string of the molecule is COc1cc(-n2c(C(C)(C)CO)c(-c3ccccc3C(=O)O)c3c(O)cccc32)ccc1F. The summed E-state index contributed by atoms with van der Waals surface area (Å²) in [5.74, 6) is -1.64. The monoisotopic (exact) mass is 449 g/mol. The van der Waals surface area contributed by atoms with E-state index in [0.29, 0.717) is 33.4 Å². The maximum absolute atomic E-state index is 14.2. The number of aromatic hydroxyl groups is 1. The van der Waals surface area contributed by atoms with Crippen LogP contribution in [0.3, 0.4) is 0 Å². The Balaban J connectivity index is 2.25. The summed E-state index contributed by atoms with van der Waals surface area (Å²) in [5.41, 5.74) is 1.78. The smallest absolute Gasteiger partial charge is 0.336 e. The Morgan fingerprint density at radius 3 is 2.48 bits per heavy atom. The molecule has 0 amide bonds.